The van der Waals surface area contributed by atoms with Gasteiger partial charge in [-0.1, -0.05) is 28.1 Å². The number of halogens is 2. The molecule has 0 aliphatic carbocycles. The van der Waals surface area contributed by atoms with E-state index in [1.54, 1.807) is 7.11 Å². The Hall–Kier alpha value is -0.590. The van der Waals surface area contributed by atoms with Gasteiger partial charge in [-0.15, -0.1) is 0 Å². The third-order valence-corrected chi connectivity index (χ3v) is 5.05. The first-order chi connectivity index (χ1) is 9.97. The van der Waals surface area contributed by atoms with Crippen LogP contribution < -0.4 is 10.1 Å². The fourth-order valence-electron chi connectivity index (χ4n) is 2.71. The minimum Gasteiger partial charge on any atom is -0.496 e. The summed E-state index contributed by atoms with van der Waals surface area (Å²) in [5.74, 6) is 0.970. The lowest BCUT2D eigenvalue weighted by molar-refractivity contribution is 0.408. The van der Waals surface area contributed by atoms with Crippen molar-refractivity contribution in [1.29, 1.82) is 0 Å². The van der Waals surface area contributed by atoms with Crippen molar-refractivity contribution in [2.45, 2.75) is 19.9 Å². The van der Waals surface area contributed by atoms with Crippen LogP contribution in [-0.4, -0.2) is 14.2 Å². The van der Waals surface area contributed by atoms with Crippen LogP contribution in [0.3, 0.4) is 0 Å². The highest BCUT2D eigenvalue weighted by Crippen LogP contribution is 2.32. The molecule has 2 rings (SSSR count). The molecule has 1 N–H and O–H groups in total. The monoisotopic (exact) mass is 459 g/mol. The SMILES string of the molecule is CNC(c1cc(C)c(OC)c(C)c1)c1cc(Br)ccc1I. The molecule has 0 fully saturated rings. The average molecular weight is 460 g/mol. The summed E-state index contributed by atoms with van der Waals surface area (Å²) in [6.07, 6.45) is 0. The lowest BCUT2D eigenvalue weighted by Crippen LogP contribution is -2.19. The molecule has 112 valence electrons. The van der Waals surface area contributed by atoms with Crippen LogP contribution in [-0.2, 0) is 0 Å². The van der Waals surface area contributed by atoms with Gasteiger partial charge in [-0.3, -0.25) is 0 Å². The maximum absolute atomic E-state index is 5.46. The number of aryl methyl sites for hydroxylation is 2. The quantitative estimate of drug-likeness (QED) is 0.650. The fourth-order valence-corrected chi connectivity index (χ4v) is 3.74. The van der Waals surface area contributed by atoms with E-state index in [1.807, 2.05) is 7.05 Å². The van der Waals surface area contributed by atoms with Crippen LogP contribution in [0.25, 0.3) is 0 Å². The van der Waals surface area contributed by atoms with Gasteiger partial charge in [0.25, 0.3) is 0 Å². The molecule has 0 bridgehead atoms. The zero-order chi connectivity index (χ0) is 15.6. The summed E-state index contributed by atoms with van der Waals surface area (Å²) < 4.78 is 7.81. The van der Waals surface area contributed by atoms with Crippen molar-refractivity contribution in [1.82, 2.24) is 5.32 Å². The van der Waals surface area contributed by atoms with Crippen LogP contribution in [0, 0.1) is 17.4 Å². The molecule has 0 spiro atoms. The molecule has 0 aliphatic heterocycles. The zero-order valence-electron chi connectivity index (χ0n) is 12.6. The van der Waals surface area contributed by atoms with Crippen molar-refractivity contribution in [3.63, 3.8) is 0 Å². The zero-order valence-corrected chi connectivity index (χ0v) is 16.4. The van der Waals surface area contributed by atoms with Crippen LogP contribution in [0.4, 0.5) is 0 Å². The van der Waals surface area contributed by atoms with Crippen LogP contribution in [0.15, 0.2) is 34.8 Å². The summed E-state index contributed by atoms with van der Waals surface area (Å²) in [5, 5.41) is 3.43. The molecule has 4 heteroatoms. The number of methoxy groups -OCH3 is 1. The molecular weight excluding hydrogens is 441 g/mol. The summed E-state index contributed by atoms with van der Waals surface area (Å²) in [6, 6.07) is 10.9. The normalized spacial score (nSPS) is 12.3. The number of nitrogens with one attached hydrogen (secondary N) is 1. The van der Waals surface area contributed by atoms with E-state index in [-0.39, 0.29) is 6.04 Å². The van der Waals surface area contributed by atoms with E-state index in [2.05, 4.69) is 88.0 Å². The van der Waals surface area contributed by atoms with E-state index in [9.17, 15) is 0 Å². The summed E-state index contributed by atoms with van der Waals surface area (Å²) >= 11 is 5.96. The molecule has 2 aromatic carbocycles. The summed E-state index contributed by atoms with van der Waals surface area (Å²) in [4.78, 5) is 0. The second-order valence-corrected chi connectivity index (χ2v) is 7.15. The molecule has 0 amide bonds. The molecule has 0 aromatic heterocycles. The standard InChI is InChI=1S/C17H19BrINO/c1-10-7-12(8-11(2)17(10)21-4)16(20-3)14-9-13(18)5-6-15(14)19/h5-9,16,20H,1-4H3. The summed E-state index contributed by atoms with van der Waals surface area (Å²) in [7, 11) is 3.72. The van der Waals surface area contributed by atoms with Gasteiger partial charge in [0.15, 0.2) is 0 Å². The predicted molar refractivity (Wildman–Crippen MR) is 100 cm³/mol. The third kappa shape index (κ3) is 3.60. The van der Waals surface area contributed by atoms with Crippen LogP contribution in [0.1, 0.15) is 28.3 Å². The van der Waals surface area contributed by atoms with Gasteiger partial charge in [-0.2, -0.15) is 0 Å². The van der Waals surface area contributed by atoms with Gasteiger partial charge in [0.2, 0.25) is 0 Å². The van der Waals surface area contributed by atoms with Crippen molar-refractivity contribution >= 4 is 38.5 Å². The Morgan fingerprint density at radius 2 is 1.76 bits per heavy atom. The topological polar surface area (TPSA) is 21.3 Å². The average Bonchev–Trinajstić information content (AvgIpc) is 2.43. The smallest absolute Gasteiger partial charge is 0.124 e. The number of ether oxygens (including phenoxy) is 1. The lowest BCUT2D eigenvalue weighted by Gasteiger charge is -2.21. The first kappa shape index (κ1) is 16.8. The molecule has 0 saturated heterocycles. The van der Waals surface area contributed by atoms with Gasteiger partial charge >= 0.3 is 0 Å². The van der Waals surface area contributed by atoms with Crippen LogP contribution in [0.2, 0.25) is 0 Å². The number of hydrogen-bond acceptors (Lipinski definition) is 2. The van der Waals surface area contributed by atoms with Crippen molar-refractivity contribution in [3.05, 3.63) is 60.6 Å². The molecule has 0 saturated carbocycles. The Morgan fingerprint density at radius 1 is 1.14 bits per heavy atom. The first-order valence-electron chi connectivity index (χ1n) is 6.75. The van der Waals surface area contributed by atoms with E-state index in [1.165, 1.54) is 14.7 Å². The molecule has 1 unspecified atom stereocenters. The molecule has 21 heavy (non-hydrogen) atoms. The highest BCUT2D eigenvalue weighted by Gasteiger charge is 2.17. The van der Waals surface area contributed by atoms with E-state index in [4.69, 9.17) is 4.74 Å². The van der Waals surface area contributed by atoms with Gasteiger partial charge < -0.3 is 10.1 Å². The van der Waals surface area contributed by atoms with E-state index < -0.39 is 0 Å². The second kappa shape index (κ2) is 7.11. The fraction of sp³-hybridized carbons (Fsp3) is 0.294. The molecular formula is C17H19BrINO. The minimum atomic E-state index is 0.165. The van der Waals surface area contributed by atoms with Gasteiger partial charge in [0.1, 0.15) is 5.75 Å². The number of hydrogen-bond donors (Lipinski definition) is 1. The maximum Gasteiger partial charge on any atom is 0.124 e. The molecule has 0 radical (unpaired) electrons. The van der Waals surface area contributed by atoms with Gasteiger partial charge in [0, 0.05) is 8.04 Å². The van der Waals surface area contributed by atoms with E-state index >= 15 is 0 Å². The third-order valence-electron chi connectivity index (χ3n) is 3.58. The molecule has 2 nitrogen and oxygen atoms in total. The predicted octanol–water partition coefficient (Wildman–Crippen LogP) is 4.99. The minimum absolute atomic E-state index is 0.165. The highest BCUT2D eigenvalue weighted by molar-refractivity contribution is 14.1. The van der Waals surface area contributed by atoms with Crippen molar-refractivity contribution in [2.75, 3.05) is 14.2 Å². The lowest BCUT2D eigenvalue weighted by atomic mass is 9.95. The molecule has 2 aromatic rings. The Morgan fingerprint density at radius 3 is 2.29 bits per heavy atom. The Labute approximate surface area is 148 Å². The molecule has 0 aliphatic rings. The Bertz CT molecular complexity index is 634. The summed E-state index contributed by atoms with van der Waals surface area (Å²) in [6.45, 7) is 4.18. The second-order valence-electron chi connectivity index (χ2n) is 5.08. The van der Waals surface area contributed by atoms with Crippen LogP contribution in [0.5, 0.6) is 5.75 Å². The van der Waals surface area contributed by atoms with Gasteiger partial charge in [-0.05, 0) is 83.9 Å². The van der Waals surface area contributed by atoms with E-state index in [0.29, 0.717) is 0 Å². The van der Waals surface area contributed by atoms with Crippen molar-refractivity contribution in [3.8, 4) is 5.75 Å². The summed E-state index contributed by atoms with van der Waals surface area (Å²) in [5.41, 5.74) is 4.86. The van der Waals surface area contributed by atoms with Gasteiger partial charge in [0.05, 0.1) is 13.2 Å². The number of rotatable bonds is 4. The van der Waals surface area contributed by atoms with Gasteiger partial charge in [-0.25, -0.2) is 0 Å². The van der Waals surface area contributed by atoms with E-state index in [0.717, 1.165) is 21.3 Å². The molecule has 1 atom stereocenters. The van der Waals surface area contributed by atoms with Crippen molar-refractivity contribution in [2.24, 2.45) is 0 Å². The number of benzene rings is 2. The van der Waals surface area contributed by atoms with Crippen LogP contribution >= 0.6 is 38.5 Å². The molecule has 0 heterocycles. The Kier molecular flexibility index (Phi) is 5.68. The maximum atomic E-state index is 5.46. The largest absolute Gasteiger partial charge is 0.496 e. The van der Waals surface area contributed by atoms with Crippen molar-refractivity contribution < 1.29 is 4.74 Å². The highest BCUT2D eigenvalue weighted by atomic mass is 127. The first-order valence-corrected chi connectivity index (χ1v) is 8.62. The Balaban J connectivity index is 2.54.